The second-order valence-electron chi connectivity index (χ2n) is 3.06. The predicted molar refractivity (Wildman–Crippen MR) is 62.0 cm³/mol. The van der Waals surface area contributed by atoms with Crippen LogP contribution in [0.25, 0.3) is 0 Å². The van der Waals surface area contributed by atoms with E-state index in [9.17, 15) is 9.59 Å². The summed E-state index contributed by atoms with van der Waals surface area (Å²) in [5.41, 5.74) is 0. The molecular formula is C10H13BrN2O3. The maximum absolute atomic E-state index is 11.4. The summed E-state index contributed by atoms with van der Waals surface area (Å²) < 4.78 is 5.57. The lowest BCUT2D eigenvalue weighted by Gasteiger charge is -2.04. The molecule has 6 heteroatoms. The van der Waals surface area contributed by atoms with Crippen molar-refractivity contribution in [1.82, 2.24) is 10.6 Å². The van der Waals surface area contributed by atoms with Gasteiger partial charge in [0.05, 0.1) is 0 Å². The Labute approximate surface area is 102 Å². The maximum Gasteiger partial charge on any atom is 0.287 e. The zero-order valence-electron chi connectivity index (χ0n) is 8.88. The van der Waals surface area contributed by atoms with Crippen LogP contribution in [0.1, 0.15) is 23.9 Å². The Kier molecular flexibility index (Phi) is 5.04. The van der Waals surface area contributed by atoms with E-state index in [-0.39, 0.29) is 17.6 Å². The van der Waals surface area contributed by atoms with E-state index in [1.54, 1.807) is 19.1 Å². The van der Waals surface area contributed by atoms with Crippen molar-refractivity contribution in [1.29, 1.82) is 0 Å². The van der Waals surface area contributed by atoms with Crippen LogP contribution < -0.4 is 10.6 Å². The standard InChI is InChI=1S/C10H13BrN2O3/c1-2-9(14)12-5-6-13-10(15)7-3-4-8(11)16-7/h3-4H,2,5-6H2,1H3,(H,12,14)(H,13,15). The minimum Gasteiger partial charge on any atom is -0.444 e. The van der Waals surface area contributed by atoms with Crippen LogP contribution >= 0.6 is 15.9 Å². The molecule has 0 aliphatic heterocycles. The molecule has 0 radical (unpaired) electrons. The van der Waals surface area contributed by atoms with Crippen molar-refractivity contribution in [3.63, 3.8) is 0 Å². The molecule has 2 N–H and O–H groups in total. The zero-order valence-corrected chi connectivity index (χ0v) is 10.5. The molecule has 0 aliphatic carbocycles. The summed E-state index contributed by atoms with van der Waals surface area (Å²) in [5.74, 6) is -0.0832. The van der Waals surface area contributed by atoms with Gasteiger partial charge in [0.15, 0.2) is 10.4 Å². The Hall–Kier alpha value is -1.30. The summed E-state index contributed by atoms with van der Waals surface area (Å²) in [6.07, 6.45) is 0.444. The molecule has 5 nitrogen and oxygen atoms in total. The fourth-order valence-electron chi connectivity index (χ4n) is 1.03. The molecule has 1 aromatic heterocycles. The third-order valence-electron chi connectivity index (χ3n) is 1.85. The summed E-state index contributed by atoms with van der Waals surface area (Å²) in [4.78, 5) is 22.3. The average Bonchev–Trinajstić information content (AvgIpc) is 2.70. The van der Waals surface area contributed by atoms with Crippen molar-refractivity contribution in [2.24, 2.45) is 0 Å². The lowest BCUT2D eigenvalue weighted by Crippen LogP contribution is -2.34. The van der Waals surface area contributed by atoms with Gasteiger partial charge in [0.25, 0.3) is 5.91 Å². The summed E-state index contributed by atoms with van der Waals surface area (Å²) in [6, 6.07) is 3.22. The van der Waals surface area contributed by atoms with E-state index in [0.717, 1.165) is 0 Å². The highest BCUT2D eigenvalue weighted by molar-refractivity contribution is 9.10. The highest BCUT2D eigenvalue weighted by Crippen LogP contribution is 2.13. The van der Waals surface area contributed by atoms with Crippen molar-refractivity contribution in [2.75, 3.05) is 13.1 Å². The minimum atomic E-state index is -0.295. The number of hydrogen-bond donors (Lipinski definition) is 2. The third kappa shape index (κ3) is 4.06. The van der Waals surface area contributed by atoms with E-state index in [2.05, 4.69) is 26.6 Å². The van der Waals surface area contributed by atoms with Crippen molar-refractivity contribution in [2.45, 2.75) is 13.3 Å². The Morgan fingerprint density at radius 1 is 1.31 bits per heavy atom. The Bertz CT molecular complexity index is 376. The van der Waals surface area contributed by atoms with Crippen LogP contribution in [-0.2, 0) is 4.79 Å². The zero-order chi connectivity index (χ0) is 12.0. The summed E-state index contributed by atoms with van der Waals surface area (Å²) in [5, 5.41) is 5.27. The first-order valence-electron chi connectivity index (χ1n) is 4.93. The van der Waals surface area contributed by atoms with Crippen LogP contribution in [-0.4, -0.2) is 24.9 Å². The molecule has 0 fully saturated rings. The number of carbonyl (C=O) groups is 2. The molecule has 0 unspecified atom stereocenters. The van der Waals surface area contributed by atoms with Crippen molar-refractivity contribution in [3.05, 3.63) is 22.6 Å². The Morgan fingerprint density at radius 3 is 2.56 bits per heavy atom. The average molecular weight is 289 g/mol. The fraction of sp³-hybridized carbons (Fsp3) is 0.400. The number of halogens is 1. The van der Waals surface area contributed by atoms with Crippen molar-refractivity contribution in [3.8, 4) is 0 Å². The van der Waals surface area contributed by atoms with Gasteiger partial charge in [-0.25, -0.2) is 0 Å². The quantitative estimate of drug-likeness (QED) is 0.803. The van der Waals surface area contributed by atoms with Gasteiger partial charge in [-0.15, -0.1) is 0 Å². The molecule has 16 heavy (non-hydrogen) atoms. The second-order valence-corrected chi connectivity index (χ2v) is 3.84. The van der Waals surface area contributed by atoms with Crippen molar-refractivity contribution >= 4 is 27.7 Å². The van der Waals surface area contributed by atoms with E-state index in [4.69, 9.17) is 4.42 Å². The Morgan fingerprint density at radius 2 is 2.00 bits per heavy atom. The highest BCUT2D eigenvalue weighted by atomic mass is 79.9. The molecule has 0 aromatic carbocycles. The van der Waals surface area contributed by atoms with Gasteiger partial charge in [-0.3, -0.25) is 9.59 Å². The Balaban J connectivity index is 2.23. The predicted octanol–water partition coefficient (Wildman–Crippen LogP) is 1.30. The normalized spacial score (nSPS) is 9.88. The van der Waals surface area contributed by atoms with Gasteiger partial charge in [-0.2, -0.15) is 0 Å². The van der Waals surface area contributed by atoms with E-state index < -0.39 is 0 Å². The number of amides is 2. The van der Waals surface area contributed by atoms with Gasteiger partial charge in [0.2, 0.25) is 5.91 Å². The molecule has 88 valence electrons. The van der Waals surface area contributed by atoms with Gasteiger partial charge < -0.3 is 15.1 Å². The number of rotatable bonds is 5. The van der Waals surface area contributed by atoms with Crippen LogP contribution in [0.5, 0.6) is 0 Å². The number of furan rings is 1. The van der Waals surface area contributed by atoms with Crippen LogP contribution in [0.4, 0.5) is 0 Å². The molecular weight excluding hydrogens is 276 g/mol. The number of nitrogens with one attached hydrogen (secondary N) is 2. The monoisotopic (exact) mass is 288 g/mol. The number of hydrogen-bond acceptors (Lipinski definition) is 3. The lowest BCUT2D eigenvalue weighted by molar-refractivity contribution is -0.120. The molecule has 1 rings (SSSR count). The summed E-state index contributed by atoms with van der Waals surface area (Å²) in [6.45, 7) is 2.57. The van der Waals surface area contributed by atoms with E-state index in [1.807, 2.05) is 0 Å². The lowest BCUT2D eigenvalue weighted by atomic mass is 10.4. The van der Waals surface area contributed by atoms with Crippen LogP contribution in [0.3, 0.4) is 0 Å². The molecule has 0 bridgehead atoms. The van der Waals surface area contributed by atoms with E-state index >= 15 is 0 Å². The van der Waals surface area contributed by atoms with Gasteiger partial charge >= 0.3 is 0 Å². The molecule has 0 atom stereocenters. The smallest absolute Gasteiger partial charge is 0.287 e. The first kappa shape index (κ1) is 12.8. The molecule has 0 saturated heterocycles. The highest BCUT2D eigenvalue weighted by Gasteiger charge is 2.09. The largest absolute Gasteiger partial charge is 0.444 e. The van der Waals surface area contributed by atoms with Gasteiger partial charge in [0, 0.05) is 19.5 Å². The topological polar surface area (TPSA) is 71.3 Å². The van der Waals surface area contributed by atoms with Gasteiger partial charge in [-0.05, 0) is 28.1 Å². The third-order valence-corrected chi connectivity index (χ3v) is 2.28. The first-order chi connectivity index (χ1) is 7.63. The molecule has 0 spiro atoms. The molecule has 1 heterocycles. The molecule has 2 amide bonds. The van der Waals surface area contributed by atoms with Crippen LogP contribution in [0.15, 0.2) is 21.2 Å². The SMILES string of the molecule is CCC(=O)NCCNC(=O)c1ccc(Br)o1. The van der Waals surface area contributed by atoms with Gasteiger partial charge in [-0.1, -0.05) is 6.92 Å². The molecule has 1 aromatic rings. The van der Waals surface area contributed by atoms with Crippen LogP contribution in [0.2, 0.25) is 0 Å². The number of carbonyl (C=O) groups excluding carboxylic acids is 2. The van der Waals surface area contributed by atoms with E-state index in [1.165, 1.54) is 0 Å². The van der Waals surface area contributed by atoms with Gasteiger partial charge in [0.1, 0.15) is 0 Å². The molecule has 0 saturated carbocycles. The van der Waals surface area contributed by atoms with Crippen molar-refractivity contribution < 1.29 is 14.0 Å². The second kappa shape index (κ2) is 6.32. The van der Waals surface area contributed by atoms with Crippen LogP contribution in [0, 0.1) is 0 Å². The maximum atomic E-state index is 11.4. The van der Waals surface area contributed by atoms with E-state index in [0.29, 0.717) is 24.2 Å². The fourth-order valence-corrected chi connectivity index (χ4v) is 1.33. The summed E-state index contributed by atoms with van der Waals surface area (Å²) >= 11 is 3.11. The molecule has 0 aliphatic rings. The summed E-state index contributed by atoms with van der Waals surface area (Å²) in [7, 11) is 0. The first-order valence-corrected chi connectivity index (χ1v) is 5.73. The minimum absolute atomic E-state index is 0.0324.